The van der Waals surface area contributed by atoms with Crippen LogP contribution in [-0.4, -0.2) is 28.7 Å². The molecule has 0 spiro atoms. The number of nitrogens with zero attached hydrogens (tertiary/aromatic N) is 1. The van der Waals surface area contributed by atoms with Gasteiger partial charge in [-0.2, -0.15) is 0 Å². The van der Waals surface area contributed by atoms with Crippen molar-refractivity contribution in [3.63, 3.8) is 0 Å². The highest BCUT2D eigenvalue weighted by Crippen LogP contribution is 2.24. The molecule has 0 unspecified atom stereocenters. The van der Waals surface area contributed by atoms with Crippen molar-refractivity contribution in [3.8, 4) is 5.75 Å². The van der Waals surface area contributed by atoms with Crippen molar-refractivity contribution in [3.05, 3.63) is 41.3 Å². The Morgan fingerprint density at radius 3 is 2.69 bits per heavy atom. The highest BCUT2D eigenvalue weighted by molar-refractivity contribution is 6.03. The maximum Gasteiger partial charge on any atom is 0.303 e. The fourth-order valence-corrected chi connectivity index (χ4v) is 2.98. The number of benzene rings is 1. The fourth-order valence-electron chi connectivity index (χ4n) is 2.98. The van der Waals surface area contributed by atoms with Crippen molar-refractivity contribution in [2.75, 3.05) is 11.9 Å². The molecule has 26 heavy (non-hydrogen) atoms. The largest absolute Gasteiger partial charge is 0.494 e. The lowest BCUT2D eigenvalue weighted by Crippen LogP contribution is -2.14. The third kappa shape index (κ3) is 4.62. The lowest BCUT2D eigenvalue weighted by molar-refractivity contribution is -0.137. The van der Waals surface area contributed by atoms with E-state index in [1.54, 1.807) is 24.3 Å². The Morgan fingerprint density at radius 1 is 1.15 bits per heavy atom. The number of anilines is 1. The van der Waals surface area contributed by atoms with E-state index in [0.29, 0.717) is 30.2 Å². The minimum atomic E-state index is -0.836. The van der Waals surface area contributed by atoms with E-state index in [9.17, 15) is 9.59 Å². The van der Waals surface area contributed by atoms with Crippen LogP contribution in [0.25, 0.3) is 0 Å². The van der Waals surface area contributed by atoms with Gasteiger partial charge in [0.15, 0.2) is 5.69 Å². The second kappa shape index (κ2) is 8.51. The van der Waals surface area contributed by atoms with Crippen LogP contribution in [0.5, 0.6) is 5.75 Å². The number of ether oxygens (including phenoxy) is 1. The molecule has 7 heteroatoms. The van der Waals surface area contributed by atoms with Gasteiger partial charge >= 0.3 is 5.97 Å². The molecule has 1 aliphatic rings. The number of nitrogens with one attached hydrogen (secondary N) is 1. The molecule has 0 saturated heterocycles. The molecule has 2 aromatic rings. The first kappa shape index (κ1) is 18.0. The smallest absolute Gasteiger partial charge is 0.303 e. The Balaban J connectivity index is 1.56. The first-order chi connectivity index (χ1) is 12.6. The van der Waals surface area contributed by atoms with E-state index in [-0.39, 0.29) is 12.3 Å². The Morgan fingerprint density at radius 2 is 1.92 bits per heavy atom. The van der Waals surface area contributed by atoms with Crippen LogP contribution in [0.4, 0.5) is 5.69 Å². The number of aromatic nitrogens is 1. The van der Waals surface area contributed by atoms with Crippen molar-refractivity contribution in [1.29, 1.82) is 0 Å². The predicted molar refractivity (Wildman–Crippen MR) is 94.5 cm³/mol. The summed E-state index contributed by atoms with van der Waals surface area (Å²) in [5.41, 5.74) is 1.94. The predicted octanol–water partition coefficient (Wildman–Crippen LogP) is 3.44. The number of hydrogen-bond donors (Lipinski definition) is 2. The number of carbonyl (C=O) groups is 2. The van der Waals surface area contributed by atoms with Crippen LogP contribution in [0.3, 0.4) is 0 Å². The van der Waals surface area contributed by atoms with Crippen molar-refractivity contribution >= 4 is 17.6 Å². The molecule has 0 bridgehead atoms. The number of hydrogen-bond acceptors (Lipinski definition) is 5. The summed E-state index contributed by atoms with van der Waals surface area (Å²) in [6.45, 7) is 0.336. The molecule has 7 nitrogen and oxygen atoms in total. The molecule has 0 fully saturated rings. The van der Waals surface area contributed by atoms with Gasteiger partial charge in [0.05, 0.1) is 6.61 Å². The summed E-state index contributed by atoms with van der Waals surface area (Å²) in [7, 11) is 0. The Hall–Kier alpha value is -2.83. The maximum absolute atomic E-state index is 12.5. The van der Waals surface area contributed by atoms with Crippen LogP contribution in [0, 0.1) is 0 Å². The van der Waals surface area contributed by atoms with Gasteiger partial charge in [0.2, 0.25) is 0 Å². The van der Waals surface area contributed by atoms with Crippen LogP contribution >= 0.6 is 0 Å². The van der Waals surface area contributed by atoms with Gasteiger partial charge in [-0.15, -0.1) is 0 Å². The number of amides is 1. The summed E-state index contributed by atoms with van der Waals surface area (Å²) in [5.74, 6) is 0.353. The molecule has 3 rings (SSSR count). The monoisotopic (exact) mass is 358 g/mol. The number of aliphatic carboxylic acids is 1. The molecular weight excluding hydrogens is 336 g/mol. The van der Waals surface area contributed by atoms with E-state index in [4.69, 9.17) is 14.4 Å². The van der Waals surface area contributed by atoms with E-state index in [1.165, 1.54) is 0 Å². The molecule has 1 aliphatic carbocycles. The summed E-state index contributed by atoms with van der Waals surface area (Å²) >= 11 is 0. The first-order valence-electron chi connectivity index (χ1n) is 8.87. The number of carbonyl (C=O) groups excluding carboxylic acids is 1. The van der Waals surface area contributed by atoms with Gasteiger partial charge in [-0.1, -0.05) is 11.6 Å². The summed E-state index contributed by atoms with van der Waals surface area (Å²) in [6.07, 6.45) is 5.44. The SMILES string of the molecule is O=C(O)CCCOc1ccc(NC(=O)c2noc3c2CCCCC3)cc1. The van der Waals surface area contributed by atoms with Crippen molar-refractivity contribution in [2.24, 2.45) is 0 Å². The standard InChI is InChI=1S/C19H22N2O5/c22-17(23)7-4-12-25-14-10-8-13(9-11-14)20-19(24)18-15-5-2-1-3-6-16(15)26-21-18/h8-11H,1-7,12H2,(H,20,24)(H,22,23). The average molecular weight is 358 g/mol. The van der Waals surface area contributed by atoms with Gasteiger partial charge in [0.1, 0.15) is 11.5 Å². The quantitative estimate of drug-likeness (QED) is 0.581. The second-order valence-electron chi connectivity index (χ2n) is 6.32. The van der Waals surface area contributed by atoms with E-state index in [1.807, 2.05) is 0 Å². The highest BCUT2D eigenvalue weighted by Gasteiger charge is 2.23. The van der Waals surface area contributed by atoms with Crippen LogP contribution in [0.1, 0.15) is 53.9 Å². The highest BCUT2D eigenvalue weighted by atomic mass is 16.5. The molecule has 1 aromatic heterocycles. The van der Waals surface area contributed by atoms with E-state index >= 15 is 0 Å². The van der Waals surface area contributed by atoms with E-state index < -0.39 is 5.97 Å². The number of rotatable bonds is 7. The van der Waals surface area contributed by atoms with Gasteiger partial charge in [-0.25, -0.2) is 0 Å². The summed E-state index contributed by atoms with van der Waals surface area (Å²) in [5, 5.41) is 15.4. The first-order valence-corrected chi connectivity index (χ1v) is 8.87. The normalized spacial score (nSPS) is 13.5. The zero-order valence-corrected chi connectivity index (χ0v) is 14.5. The Kier molecular flexibility index (Phi) is 5.88. The zero-order valence-electron chi connectivity index (χ0n) is 14.5. The number of carboxylic acid groups (broad SMARTS) is 1. The summed E-state index contributed by atoms with van der Waals surface area (Å²) in [4.78, 5) is 23.0. The van der Waals surface area contributed by atoms with Gasteiger partial charge in [-0.3, -0.25) is 9.59 Å². The number of fused-ring (bicyclic) bond motifs is 1. The summed E-state index contributed by atoms with van der Waals surface area (Å²) in [6, 6.07) is 6.95. The van der Waals surface area contributed by atoms with Crippen molar-refractivity contribution < 1.29 is 24.0 Å². The lowest BCUT2D eigenvalue weighted by atomic mass is 10.1. The third-order valence-electron chi connectivity index (χ3n) is 4.33. The maximum atomic E-state index is 12.5. The molecule has 138 valence electrons. The molecule has 0 saturated carbocycles. The van der Waals surface area contributed by atoms with Gasteiger partial charge in [-0.05, 0) is 49.9 Å². The van der Waals surface area contributed by atoms with Crippen LogP contribution in [-0.2, 0) is 17.6 Å². The lowest BCUT2D eigenvalue weighted by Gasteiger charge is -2.08. The topological polar surface area (TPSA) is 102 Å². The van der Waals surface area contributed by atoms with Crippen LogP contribution < -0.4 is 10.1 Å². The van der Waals surface area contributed by atoms with Gasteiger partial charge in [0.25, 0.3) is 5.91 Å². The molecule has 1 amide bonds. The molecular formula is C19H22N2O5. The average Bonchev–Trinajstić information content (AvgIpc) is 2.89. The van der Waals surface area contributed by atoms with Crippen molar-refractivity contribution in [2.45, 2.75) is 44.9 Å². The van der Waals surface area contributed by atoms with Gasteiger partial charge < -0.3 is 19.7 Å². The van der Waals surface area contributed by atoms with E-state index in [0.717, 1.165) is 43.4 Å². The van der Waals surface area contributed by atoms with Crippen LogP contribution in [0.15, 0.2) is 28.8 Å². The second-order valence-corrected chi connectivity index (χ2v) is 6.32. The minimum Gasteiger partial charge on any atom is -0.494 e. The molecule has 1 aromatic carbocycles. The van der Waals surface area contributed by atoms with Gasteiger partial charge in [0, 0.05) is 24.1 Å². The Bertz CT molecular complexity index is 767. The van der Waals surface area contributed by atoms with E-state index in [2.05, 4.69) is 10.5 Å². The number of aryl methyl sites for hydroxylation is 1. The zero-order chi connectivity index (χ0) is 18.4. The minimum absolute atomic E-state index is 0.0795. The van der Waals surface area contributed by atoms with Crippen molar-refractivity contribution in [1.82, 2.24) is 5.16 Å². The molecule has 0 atom stereocenters. The molecule has 0 radical (unpaired) electrons. The number of carboxylic acids is 1. The fraction of sp³-hybridized carbons (Fsp3) is 0.421. The molecule has 1 heterocycles. The van der Waals surface area contributed by atoms with Crippen LogP contribution in [0.2, 0.25) is 0 Å². The molecule has 0 aliphatic heterocycles. The Labute approximate surface area is 151 Å². The summed E-state index contributed by atoms with van der Waals surface area (Å²) < 4.78 is 10.8. The molecule has 2 N–H and O–H groups in total. The third-order valence-corrected chi connectivity index (χ3v) is 4.33.